The van der Waals surface area contributed by atoms with E-state index in [4.69, 9.17) is 21.4 Å². The van der Waals surface area contributed by atoms with Gasteiger partial charge in [0.1, 0.15) is 18.2 Å². The minimum absolute atomic E-state index is 0.0900. The van der Waals surface area contributed by atoms with Crippen LogP contribution in [0, 0.1) is 5.82 Å². The van der Waals surface area contributed by atoms with Gasteiger partial charge in [-0.05, 0) is 18.2 Å². The molecule has 0 aliphatic rings. The van der Waals surface area contributed by atoms with Crippen molar-refractivity contribution in [3.63, 3.8) is 0 Å². The minimum Gasteiger partial charge on any atom is -0.488 e. The third kappa shape index (κ3) is 3.00. The van der Waals surface area contributed by atoms with Crippen molar-refractivity contribution >= 4 is 11.6 Å². The van der Waals surface area contributed by atoms with Gasteiger partial charge in [0.25, 0.3) is 0 Å². The molecule has 1 N–H and O–H groups in total. The van der Waals surface area contributed by atoms with Crippen molar-refractivity contribution in [2.24, 2.45) is 0 Å². The summed E-state index contributed by atoms with van der Waals surface area (Å²) in [6, 6.07) is 11.4. The van der Waals surface area contributed by atoms with Crippen molar-refractivity contribution < 1.29 is 14.2 Å². The van der Waals surface area contributed by atoms with Crippen LogP contribution >= 0.6 is 11.6 Å². The highest BCUT2D eigenvalue weighted by molar-refractivity contribution is 6.31. The van der Waals surface area contributed by atoms with Crippen LogP contribution < -0.4 is 4.74 Å². The number of rotatable bonds is 4. The highest BCUT2D eigenvalue weighted by Crippen LogP contribution is 2.22. The quantitative estimate of drug-likeness (QED) is 0.917. The van der Waals surface area contributed by atoms with Gasteiger partial charge in [0.2, 0.25) is 0 Å². The third-order valence-electron chi connectivity index (χ3n) is 2.54. The number of hydrogen-bond acceptors (Lipinski definition) is 2. The molecule has 0 spiro atoms. The van der Waals surface area contributed by atoms with Crippen LogP contribution in [0.15, 0.2) is 42.5 Å². The molecule has 0 heterocycles. The smallest absolute Gasteiger partial charge is 0.125 e. The fourth-order valence-corrected chi connectivity index (χ4v) is 1.79. The molecule has 0 amide bonds. The van der Waals surface area contributed by atoms with Gasteiger partial charge in [0.15, 0.2) is 0 Å². The molecule has 0 unspecified atom stereocenters. The van der Waals surface area contributed by atoms with Gasteiger partial charge in [-0.1, -0.05) is 35.9 Å². The van der Waals surface area contributed by atoms with Crippen LogP contribution in [0.25, 0.3) is 0 Å². The lowest BCUT2D eigenvalue weighted by molar-refractivity contribution is 0.259. The van der Waals surface area contributed by atoms with E-state index in [1.165, 1.54) is 12.1 Å². The van der Waals surface area contributed by atoms with Crippen LogP contribution in [-0.4, -0.2) is 5.11 Å². The number of aliphatic hydroxyl groups is 1. The summed E-state index contributed by atoms with van der Waals surface area (Å²) in [7, 11) is 0. The van der Waals surface area contributed by atoms with Crippen LogP contribution in [-0.2, 0) is 13.2 Å². The Morgan fingerprint density at radius 3 is 2.61 bits per heavy atom. The van der Waals surface area contributed by atoms with Gasteiger partial charge in [-0.15, -0.1) is 0 Å². The first kappa shape index (κ1) is 12.9. The molecule has 2 aromatic carbocycles. The number of para-hydroxylation sites is 1. The molecular weight excluding hydrogens is 255 g/mol. The maximum Gasteiger partial charge on any atom is 0.125 e. The van der Waals surface area contributed by atoms with E-state index in [0.29, 0.717) is 21.9 Å². The Morgan fingerprint density at radius 2 is 1.89 bits per heavy atom. The molecule has 0 aromatic heterocycles. The summed E-state index contributed by atoms with van der Waals surface area (Å²) < 4.78 is 18.4. The van der Waals surface area contributed by atoms with E-state index >= 15 is 0 Å². The van der Waals surface area contributed by atoms with Crippen LogP contribution in [0.2, 0.25) is 5.02 Å². The third-order valence-corrected chi connectivity index (χ3v) is 2.89. The molecule has 2 aromatic rings. The second-order valence-corrected chi connectivity index (χ2v) is 4.20. The van der Waals surface area contributed by atoms with Gasteiger partial charge < -0.3 is 9.84 Å². The zero-order valence-electron chi connectivity index (χ0n) is 9.57. The molecular formula is C14H12ClFO2. The fraction of sp³-hybridized carbons (Fsp3) is 0.143. The van der Waals surface area contributed by atoms with Crippen molar-refractivity contribution in [2.45, 2.75) is 13.2 Å². The van der Waals surface area contributed by atoms with Gasteiger partial charge in [-0.3, -0.25) is 0 Å². The zero-order chi connectivity index (χ0) is 13.0. The zero-order valence-corrected chi connectivity index (χ0v) is 10.3. The molecule has 0 radical (unpaired) electrons. The average molecular weight is 267 g/mol. The van der Waals surface area contributed by atoms with Crippen molar-refractivity contribution in [3.8, 4) is 5.75 Å². The summed E-state index contributed by atoms with van der Waals surface area (Å²) in [5.41, 5.74) is 1.40. The lowest BCUT2D eigenvalue weighted by atomic mass is 10.2. The average Bonchev–Trinajstić information content (AvgIpc) is 2.38. The molecule has 0 saturated heterocycles. The van der Waals surface area contributed by atoms with Crippen molar-refractivity contribution in [3.05, 3.63) is 64.4 Å². The predicted molar refractivity (Wildman–Crippen MR) is 68.1 cm³/mol. The summed E-state index contributed by atoms with van der Waals surface area (Å²) in [4.78, 5) is 0. The predicted octanol–water partition coefficient (Wildman–Crippen LogP) is 3.55. The highest BCUT2D eigenvalue weighted by atomic mass is 35.5. The molecule has 4 heteroatoms. The van der Waals surface area contributed by atoms with Crippen LogP contribution in [0.4, 0.5) is 4.39 Å². The first-order chi connectivity index (χ1) is 8.70. The number of hydrogen-bond donors (Lipinski definition) is 1. The number of halogens is 2. The standard InChI is InChI=1S/C14H12ClFO2/c15-13-7-12(16)6-5-11(13)9-18-14-4-2-1-3-10(14)8-17/h1-7,17H,8-9H2. The van der Waals surface area contributed by atoms with Gasteiger partial charge in [-0.25, -0.2) is 4.39 Å². The van der Waals surface area contributed by atoms with Crippen molar-refractivity contribution in [2.75, 3.05) is 0 Å². The summed E-state index contributed by atoms with van der Waals surface area (Å²) in [5, 5.41) is 9.48. The molecule has 2 nitrogen and oxygen atoms in total. The molecule has 0 aliphatic heterocycles. The Hall–Kier alpha value is -1.58. The molecule has 0 bridgehead atoms. The Kier molecular flexibility index (Phi) is 4.18. The van der Waals surface area contributed by atoms with E-state index in [1.807, 2.05) is 12.1 Å². The molecule has 94 valence electrons. The fourth-order valence-electron chi connectivity index (χ4n) is 1.57. The molecule has 0 aliphatic carbocycles. The van der Waals surface area contributed by atoms with Crippen LogP contribution in [0.3, 0.4) is 0 Å². The molecule has 0 fully saturated rings. The minimum atomic E-state index is -0.375. The molecule has 18 heavy (non-hydrogen) atoms. The molecule has 2 rings (SSSR count). The van der Waals surface area contributed by atoms with Crippen molar-refractivity contribution in [1.82, 2.24) is 0 Å². The first-order valence-electron chi connectivity index (χ1n) is 5.46. The lowest BCUT2D eigenvalue weighted by Gasteiger charge is -2.10. The van der Waals surface area contributed by atoms with E-state index in [2.05, 4.69) is 0 Å². The van der Waals surface area contributed by atoms with E-state index in [9.17, 15) is 4.39 Å². The molecule has 0 atom stereocenters. The van der Waals surface area contributed by atoms with Gasteiger partial charge in [-0.2, -0.15) is 0 Å². The van der Waals surface area contributed by atoms with Crippen molar-refractivity contribution in [1.29, 1.82) is 0 Å². The largest absolute Gasteiger partial charge is 0.488 e. The Balaban J connectivity index is 2.11. The van der Waals surface area contributed by atoms with Gasteiger partial charge >= 0.3 is 0 Å². The Bertz CT molecular complexity index is 543. The second kappa shape index (κ2) is 5.85. The lowest BCUT2D eigenvalue weighted by Crippen LogP contribution is -1.99. The van der Waals surface area contributed by atoms with E-state index in [0.717, 1.165) is 0 Å². The Morgan fingerprint density at radius 1 is 1.11 bits per heavy atom. The highest BCUT2D eigenvalue weighted by Gasteiger charge is 2.05. The summed E-state index contributed by atoms with van der Waals surface area (Å²) in [5.74, 6) is 0.222. The van der Waals surface area contributed by atoms with E-state index < -0.39 is 0 Å². The van der Waals surface area contributed by atoms with Gasteiger partial charge in [0, 0.05) is 11.1 Å². The van der Waals surface area contributed by atoms with Gasteiger partial charge in [0.05, 0.1) is 11.6 Å². The first-order valence-corrected chi connectivity index (χ1v) is 5.84. The second-order valence-electron chi connectivity index (χ2n) is 3.79. The van der Waals surface area contributed by atoms with Crippen LogP contribution in [0.1, 0.15) is 11.1 Å². The maximum atomic E-state index is 12.9. The van der Waals surface area contributed by atoms with Crippen LogP contribution in [0.5, 0.6) is 5.75 Å². The Labute approximate surface area is 110 Å². The number of aliphatic hydroxyl groups excluding tert-OH is 1. The number of ether oxygens (including phenoxy) is 1. The monoisotopic (exact) mass is 266 g/mol. The summed E-state index contributed by atoms with van der Waals surface area (Å²) in [6.07, 6.45) is 0. The SMILES string of the molecule is OCc1ccccc1OCc1ccc(F)cc1Cl. The van der Waals surface area contributed by atoms with E-state index in [-0.39, 0.29) is 19.0 Å². The normalized spacial score (nSPS) is 10.4. The topological polar surface area (TPSA) is 29.5 Å². The van der Waals surface area contributed by atoms with E-state index in [1.54, 1.807) is 18.2 Å². The number of benzene rings is 2. The summed E-state index contributed by atoms with van der Waals surface area (Å²) >= 11 is 5.90. The maximum absolute atomic E-state index is 12.9. The summed E-state index contributed by atoms with van der Waals surface area (Å²) in [6.45, 7) is 0.142. The molecule has 0 saturated carbocycles.